The summed E-state index contributed by atoms with van der Waals surface area (Å²) in [4.78, 5) is 163. The lowest BCUT2D eigenvalue weighted by molar-refractivity contribution is -0.162. The molecule has 3 aliphatic heterocycles. The molecule has 89 heavy (non-hydrogen) atoms. The van der Waals surface area contributed by atoms with Crippen LogP contribution in [-0.4, -0.2) is 154 Å². The third-order valence-electron chi connectivity index (χ3n) is 16.0. The Morgan fingerprint density at radius 2 is 1.44 bits per heavy atom. The van der Waals surface area contributed by atoms with Gasteiger partial charge in [-0.2, -0.15) is 0 Å². The number of ether oxygens (including phenoxy) is 2. The summed E-state index contributed by atoms with van der Waals surface area (Å²) < 4.78 is 11.1. The number of nitrogens with zero attached hydrogens (tertiary/aromatic N) is 5. The van der Waals surface area contributed by atoms with Gasteiger partial charge < -0.3 is 50.3 Å². The Kier molecular flexibility index (Phi) is 24.4. The molecule has 22 heteroatoms. The lowest BCUT2D eigenvalue weighted by Crippen LogP contribution is -2.58. The number of likely N-dealkylation sites (N-methyl/N-ethyl adjacent to an activating group) is 2. The molecule has 0 radical (unpaired) electrons. The number of fused-ring (bicyclic) bond motifs is 4. The number of aromatic nitrogens is 1. The molecule has 3 aliphatic rings. The highest BCUT2D eigenvalue weighted by molar-refractivity contribution is 6.38. The summed E-state index contributed by atoms with van der Waals surface area (Å²) >= 11 is 0. The SMILES string of the molecule is CC(C)C[C@H]1C(=O)N(C)CCCC/C=C/C(=O)OCC(C)(C)C(=O)C(=O)N2CCCC[C@H]2C(=O)OCc2cccc(c2)NC(=O)CCC(=O)N[C@@H](c2ccccc2)C(=O)N[C@@H](Cc2ccc(NC(=O)Cc3cccnc3)cc2)C(=O)N2CCC[C@@H]2C(=O)N1C. The first kappa shape index (κ1) is 67.4. The van der Waals surface area contributed by atoms with E-state index in [1.165, 1.54) is 34.6 Å². The molecule has 4 N–H and O–H groups in total. The Balaban J connectivity index is 1.14. The molecule has 7 rings (SSSR count). The monoisotopic (exact) mass is 1220 g/mol. The van der Waals surface area contributed by atoms with Crippen LogP contribution in [-0.2, 0) is 81.7 Å². The third-order valence-corrected chi connectivity index (χ3v) is 16.0. The van der Waals surface area contributed by atoms with Gasteiger partial charge in [0.05, 0.1) is 11.8 Å². The number of carbonyl (C=O) groups excluding carboxylic acids is 11. The number of pyridine rings is 1. The number of ketones is 1. The van der Waals surface area contributed by atoms with Gasteiger partial charge in [0.2, 0.25) is 47.1 Å². The number of esters is 2. The molecule has 4 heterocycles. The minimum absolute atomic E-state index is 0.0107. The summed E-state index contributed by atoms with van der Waals surface area (Å²) in [6.07, 6.45) is 9.50. The Bertz CT molecular complexity index is 3210. The zero-order valence-electron chi connectivity index (χ0n) is 51.7. The first-order valence-electron chi connectivity index (χ1n) is 30.6. The molecule has 2 saturated heterocycles. The van der Waals surface area contributed by atoms with E-state index in [2.05, 4.69) is 26.3 Å². The topological polar surface area (TPSA) is 280 Å². The van der Waals surface area contributed by atoms with Crippen molar-refractivity contribution in [2.75, 3.05) is 51.0 Å². The maximum Gasteiger partial charge on any atom is 0.330 e. The lowest BCUT2D eigenvalue weighted by atomic mass is 9.87. The Morgan fingerprint density at radius 3 is 2.17 bits per heavy atom. The molecule has 0 spiro atoms. The number of nitrogens with one attached hydrogen (secondary N) is 4. The molecule has 0 unspecified atom stereocenters. The van der Waals surface area contributed by atoms with Gasteiger partial charge >= 0.3 is 11.9 Å². The molecule has 22 nitrogen and oxygen atoms in total. The minimum Gasteiger partial charge on any atom is -0.461 e. The summed E-state index contributed by atoms with van der Waals surface area (Å²) in [5.41, 5.74) is 1.58. The smallest absolute Gasteiger partial charge is 0.330 e. The van der Waals surface area contributed by atoms with E-state index < -0.39 is 95.4 Å². The largest absolute Gasteiger partial charge is 0.461 e. The molecule has 3 aromatic carbocycles. The summed E-state index contributed by atoms with van der Waals surface area (Å²) in [5.74, 6) is -6.71. The maximum atomic E-state index is 15.2. The fraction of sp³-hybridized carbons (Fsp3) is 0.463. The van der Waals surface area contributed by atoms with E-state index in [-0.39, 0.29) is 76.0 Å². The van der Waals surface area contributed by atoms with E-state index in [9.17, 15) is 47.9 Å². The van der Waals surface area contributed by atoms with Gasteiger partial charge in [0.25, 0.3) is 5.91 Å². The number of hydrogen-bond donors (Lipinski definition) is 4. The van der Waals surface area contributed by atoms with Crippen LogP contribution in [0.3, 0.4) is 0 Å². The van der Waals surface area contributed by atoms with E-state index in [0.29, 0.717) is 79.6 Å². The Morgan fingerprint density at radius 1 is 0.719 bits per heavy atom. The van der Waals surface area contributed by atoms with Crippen LogP contribution in [0.1, 0.15) is 127 Å². The van der Waals surface area contributed by atoms with Gasteiger partial charge in [0, 0.05) is 82.8 Å². The highest BCUT2D eigenvalue weighted by atomic mass is 16.5. The summed E-state index contributed by atoms with van der Waals surface area (Å²) in [6.45, 7) is 6.87. The van der Waals surface area contributed by atoms with Gasteiger partial charge in [0.15, 0.2) is 0 Å². The van der Waals surface area contributed by atoms with Crippen molar-refractivity contribution in [2.24, 2.45) is 11.3 Å². The molecule has 1 aromatic heterocycles. The normalized spacial score (nSPS) is 22.8. The fourth-order valence-electron chi connectivity index (χ4n) is 11.0. The van der Waals surface area contributed by atoms with E-state index in [1.54, 1.807) is 128 Å². The zero-order chi connectivity index (χ0) is 64.2. The van der Waals surface area contributed by atoms with Crippen molar-refractivity contribution < 1.29 is 62.2 Å². The maximum absolute atomic E-state index is 15.2. The predicted octanol–water partition coefficient (Wildman–Crippen LogP) is 6.19. The van der Waals surface area contributed by atoms with Crippen molar-refractivity contribution in [3.8, 4) is 0 Å². The van der Waals surface area contributed by atoms with Gasteiger partial charge in [0.1, 0.15) is 43.4 Å². The number of rotatable bonds is 8. The number of Topliss-reactive ketones (excluding diaryl/α,β-unsaturated/α-hetero) is 1. The van der Waals surface area contributed by atoms with E-state index in [0.717, 1.165) is 5.56 Å². The summed E-state index contributed by atoms with van der Waals surface area (Å²) in [7, 11) is 3.22. The third kappa shape index (κ3) is 19.5. The number of anilines is 2. The van der Waals surface area contributed by atoms with Gasteiger partial charge in [-0.05, 0) is 130 Å². The molecular formula is C67H83N9O13. The van der Waals surface area contributed by atoms with Crippen LogP contribution in [0.5, 0.6) is 0 Å². The number of benzene rings is 3. The van der Waals surface area contributed by atoms with E-state index in [1.807, 2.05) is 13.8 Å². The first-order valence-corrected chi connectivity index (χ1v) is 30.6. The van der Waals surface area contributed by atoms with E-state index in [4.69, 9.17) is 9.47 Å². The van der Waals surface area contributed by atoms with Crippen molar-refractivity contribution in [1.29, 1.82) is 0 Å². The number of cyclic esters (lactones) is 2. The van der Waals surface area contributed by atoms with Crippen LogP contribution in [0.4, 0.5) is 11.4 Å². The van der Waals surface area contributed by atoms with Crippen molar-refractivity contribution in [2.45, 2.75) is 148 Å². The van der Waals surface area contributed by atoms with Crippen LogP contribution in [0.15, 0.2) is 116 Å². The predicted molar refractivity (Wildman–Crippen MR) is 331 cm³/mol. The number of piperidine rings is 1. The van der Waals surface area contributed by atoms with Crippen LogP contribution in [0.25, 0.3) is 0 Å². The number of allylic oxidation sites excluding steroid dienone is 1. The van der Waals surface area contributed by atoms with Crippen LogP contribution < -0.4 is 21.3 Å². The molecule has 0 aliphatic carbocycles. The Hall–Kier alpha value is -9.08. The number of carbonyl (C=O) groups is 11. The van der Waals surface area contributed by atoms with Gasteiger partial charge in [-0.15, -0.1) is 0 Å². The number of amides is 8. The standard InChI is InChI=1S/C67H83N9O13/c1-44(2)37-54-63(84)73(5)34-14-8-7-12-26-58(80)89-43-67(3,4)60(81)65(86)76-35-15-13-24-53(76)66(87)88-42-47-19-16-23-50(38-47)70-55(77)31-32-56(78)72-59(48-21-10-9-11-22-48)61(82)71-51(62(83)75-36-18-25-52(75)64(85)74(54)6)39-45-27-29-49(30-28-45)69-57(79)40-46-20-17-33-68-41-46/h9-12,16-17,19-23,26-30,33,38,41,44,51-54,59H,7-8,13-15,18,24-25,31-32,34-37,39-40,42-43H2,1-6H3,(H,69,79)(H,70,77)(H,71,82)(H,72,78)/b26-12+/t51-,52+,53-,54-,59-/m0/s1. The average Bonchev–Trinajstić information content (AvgIpc) is 2.51. The molecule has 5 atom stereocenters. The first-order chi connectivity index (χ1) is 42.6. The lowest BCUT2D eigenvalue weighted by Gasteiger charge is -2.36. The fourth-order valence-corrected chi connectivity index (χ4v) is 11.0. The summed E-state index contributed by atoms with van der Waals surface area (Å²) in [6, 6.07) is 19.6. The molecule has 2 bridgehead atoms. The van der Waals surface area contributed by atoms with E-state index >= 15 is 4.79 Å². The van der Waals surface area contributed by atoms with Gasteiger partial charge in [-0.1, -0.05) is 80.6 Å². The molecule has 4 aromatic rings. The second-order valence-electron chi connectivity index (χ2n) is 24.1. The van der Waals surface area contributed by atoms with Crippen molar-refractivity contribution in [1.82, 2.24) is 35.2 Å². The summed E-state index contributed by atoms with van der Waals surface area (Å²) in [5, 5.41) is 11.3. The molecule has 8 amide bonds. The quantitative estimate of drug-likeness (QED) is 0.113. The minimum atomic E-state index is -1.43. The van der Waals surface area contributed by atoms with Crippen molar-refractivity contribution >= 4 is 76.4 Å². The van der Waals surface area contributed by atoms with Gasteiger partial charge in [-0.25, -0.2) is 9.59 Å². The molecule has 0 saturated carbocycles. The van der Waals surface area contributed by atoms with Crippen LogP contribution in [0.2, 0.25) is 0 Å². The zero-order valence-corrected chi connectivity index (χ0v) is 51.7. The average molecular weight is 1220 g/mol. The molecule has 474 valence electrons. The number of hydrogen-bond acceptors (Lipinski definition) is 14. The second-order valence-corrected chi connectivity index (χ2v) is 24.1. The van der Waals surface area contributed by atoms with Gasteiger partial charge in [-0.3, -0.25) is 48.1 Å². The second kappa shape index (κ2) is 32.2. The van der Waals surface area contributed by atoms with Crippen molar-refractivity contribution in [3.63, 3.8) is 0 Å². The Labute approximate surface area is 519 Å². The van der Waals surface area contributed by atoms with Crippen LogP contribution >= 0.6 is 0 Å². The highest BCUT2D eigenvalue weighted by Gasteiger charge is 2.44. The van der Waals surface area contributed by atoms with Crippen molar-refractivity contribution in [3.05, 3.63) is 138 Å². The van der Waals surface area contributed by atoms with Crippen LogP contribution in [0, 0.1) is 11.3 Å². The highest BCUT2D eigenvalue weighted by Crippen LogP contribution is 2.28. The molecular weight excluding hydrogens is 1140 g/mol. The molecule has 2 fully saturated rings.